The van der Waals surface area contributed by atoms with Gasteiger partial charge in [0, 0.05) is 26.7 Å². The van der Waals surface area contributed by atoms with Gasteiger partial charge in [0.1, 0.15) is 12.2 Å². The number of ether oxygens (including phenoxy) is 3. The second-order valence-corrected chi connectivity index (χ2v) is 7.07. The first-order valence-corrected chi connectivity index (χ1v) is 9.02. The van der Waals surface area contributed by atoms with Crippen molar-refractivity contribution in [1.29, 1.82) is 0 Å². The second kappa shape index (κ2) is 9.38. The molecule has 1 saturated carbocycles. The summed E-state index contributed by atoms with van der Waals surface area (Å²) in [4.78, 5) is 13.4. The lowest BCUT2D eigenvalue weighted by Crippen LogP contribution is -2.67. The number of nitrogens with two attached hydrogens (primary N) is 4. The van der Waals surface area contributed by atoms with Gasteiger partial charge >= 0.3 is 0 Å². The average Bonchev–Trinajstić information content (AvgIpc) is 2.64. The van der Waals surface area contributed by atoms with Gasteiger partial charge in [-0.3, -0.25) is 4.79 Å². The first kappa shape index (κ1) is 21.5. The lowest BCUT2D eigenvalue weighted by molar-refractivity contribution is -0.253. The largest absolute Gasteiger partial charge is 0.388 e. The van der Waals surface area contributed by atoms with Crippen LogP contribution in [0.1, 0.15) is 19.3 Å². The molecule has 0 radical (unpaired) electrons. The summed E-state index contributed by atoms with van der Waals surface area (Å²) < 4.78 is 17.2. The van der Waals surface area contributed by atoms with E-state index in [1.807, 2.05) is 0 Å². The molecule has 10 nitrogen and oxygen atoms in total. The Hall–Kier alpha value is -0.850. The highest BCUT2D eigenvalue weighted by Crippen LogP contribution is 2.30. The van der Waals surface area contributed by atoms with Crippen molar-refractivity contribution in [2.24, 2.45) is 22.9 Å². The zero-order valence-electron chi connectivity index (χ0n) is 15.5. The van der Waals surface area contributed by atoms with E-state index in [0.29, 0.717) is 19.4 Å². The quantitative estimate of drug-likeness (QED) is 0.325. The molecule has 0 aromatic carbocycles. The normalized spacial score (nSPS) is 41.0. The fourth-order valence-electron chi connectivity index (χ4n) is 3.75. The van der Waals surface area contributed by atoms with Crippen LogP contribution in [0.3, 0.4) is 0 Å². The third kappa shape index (κ3) is 4.52. The van der Waals surface area contributed by atoms with Crippen LogP contribution in [0.15, 0.2) is 0 Å². The van der Waals surface area contributed by atoms with E-state index in [2.05, 4.69) is 0 Å². The van der Waals surface area contributed by atoms with Crippen LogP contribution < -0.4 is 22.9 Å². The van der Waals surface area contributed by atoms with Crippen molar-refractivity contribution in [3.8, 4) is 0 Å². The molecular weight excluding hydrogens is 342 g/mol. The van der Waals surface area contributed by atoms with Gasteiger partial charge in [-0.1, -0.05) is 0 Å². The summed E-state index contributed by atoms with van der Waals surface area (Å²) in [6, 6.07) is -1.47. The third-order valence-electron chi connectivity index (χ3n) is 5.36. The van der Waals surface area contributed by atoms with Crippen LogP contribution >= 0.6 is 0 Å². The van der Waals surface area contributed by atoms with Crippen molar-refractivity contribution < 1.29 is 24.1 Å². The Morgan fingerprint density at radius 2 is 1.96 bits per heavy atom. The second-order valence-electron chi connectivity index (χ2n) is 7.07. The van der Waals surface area contributed by atoms with Crippen LogP contribution in [0, 0.1) is 0 Å². The Balaban J connectivity index is 2.15. The molecule has 1 aliphatic heterocycles. The summed E-state index contributed by atoms with van der Waals surface area (Å²) >= 11 is 0. The van der Waals surface area contributed by atoms with Gasteiger partial charge in [-0.25, -0.2) is 0 Å². The number of carbonyl (C=O) groups excluding carboxylic acids is 1. The number of carbonyl (C=O) groups is 1. The van der Waals surface area contributed by atoms with E-state index in [4.69, 9.17) is 37.1 Å². The predicted octanol–water partition coefficient (Wildman–Crippen LogP) is -2.94. The molecule has 0 bridgehead atoms. The van der Waals surface area contributed by atoms with Crippen LogP contribution in [0.2, 0.25) is 0 Å². The average molecular weight is 375 g/mol. The number of aliphatic hydroxyl groups is 1. The highest BCUT2D eigenvalue weighted by molar-refractivity contribution is 5.78. The van der Waals surface area contributed by atoms with Crippen LogP contribution in [0.4, 0.5) is 0 Å². The van der Waals surface area contributed by atoms with Crippen molar-refractivity contribution >= 4 is 5.91 Å². The lowest BCUT2D eigenvalue weighted by atomic mass is 9.83. The maximum atomic E-state index is 12.0. The summed E-state index contributed by atoms with van der Waals surface area (Å²) in [7, 11) is 3.10. The van der Waals surface area contributed by atoms with E-state index in [1.54, 1.807) is 7.05 Å². The number of nitrogens with zero attached hydrogens (tertiary/aromatic N) is 1. The maximum Gasteiger partial charge on any atom is 0.236 e. The Bertz CT molecular complexity index is 470. The molecule has 2 rings (SSSR count). The molecule has 152 valence electrons. The van der Waals surface area contributed by atoms with Gasteiger partial charge < -0.3 is 47.2 Å². The Morgan fingerprint density at radius 3 is 2.54 bits per heavy atom. The molecule has 1 aliphatic carbocycles. The summed E-state index contributed by atoms with van der Waals surface area (Å²) in [5.74, 6) is -0.306. The number of hydrogen-bond acceptors (Lipinski definition) is 9. The van der Waals surface area contributed by atoms with E-state index in [1.165, 1.54) is 12.0 Å². The van der Waals surface area contributed by atoms with Gasteiger partial charge in [0.15, 0.2) is 6.29 Å². The van der Waals surface area contributed by atoms with E-state index in [9.17, 15) is 9.90 Å². The first-order valence-electron chi connectivity index (χ1n) is 9.02. The van der Waals surface area contributed by atoms with Crippen molar-refractivity contribution in [3.63, 3.8) is 0 Å². The highest BCUT2D eigenvalue weighted by atomic mass is 16.7. The Kier molecular flexibility index (Phi) is 7.74. The van der Waals surface area contributed by atoms with Gasteiger partial charge in [-0.15, -0.1) is 0 Å². The first-order chi connectivity index (χ1) is 12.3. The fourth-order valence-corrected chi connectivity index (χ4v) is 3.75. The number of hydrogen-bond donors (Lipinski definition) is 5. The van der Waals surface area contributed by atoms with E-state index in [-0.39, 0.29) is 24.6 Å². The molecule has 0 aromatic heterocycles. The molecule has 2 fully saturated rings. The zero-order chi connectivity index (χ0) is 19.4. The summed E-state index contributed by atoms with van der Waals surface area (Å²) in [6.45, 7) is 0.205. The van der Waals surface area contributed by atoms with Gasteiger partial charge in [0.2, 0.25) is 5.91 Å². The highest BCUT2D eigenvalue weighted by Gasteiger charge is 2.48. The minimum atomic E-state index is -1.07. The van der Waals surface area contributed by atoms with Gasteiger partial charge in [-0.05, 0) is 19.3 Å². The molecule has 0 unspecified atom stereocenters. The van der Waals surface area contributed by atoms with Crippen LogP contribution in [0.5, 0.6) is 0 Å². The van der Waals surface area contributed by atoms with Gasteiger partial charge in [-0.2, -0.15) is 0 Å². The molecule has 1 heterocycles. The third-order valence-corrected chi connectivity index (χ3v) is 5.36. The van der Waals surface area contributed by atoms with Crippen molar-refractivity contribution in [1.82, 2.24) is 4.90 Å². The molecule has 1 saturated heterocycles. The van der Waals surface area contributed by atoms with Gasteiger partial charge in [0.05, 0.1) is 30.8 Å². The molecule has 1 amide bonds. The topological polar surface area (TPSA) is 172 Å². The number of amides is 1. The molecule has 0 spiro atoms. The summed E-state index contributed by atoms with van der Waals surface area (Å²) in [5.41, 5.74) is 23.5. The van der Waals surface area contributed by atoms with Crippen molar-refractivity contribution in [3.05, 3.63) is 0 Å². The van der Waals surface area contributed by atoms with E-state index >= 15 is 0 Å². The number of aliphatic hydroxyl groups excluding tert-OH is 1. The molecule has 9 N–H and O–H groups in total. The van der Waals surface area contributed by atoms with Crippen LogP contribution in [-0.4, -0.2) is 92.0 Å². The van der Waals surface area contributed by atoms with E-state index in [0.717, 1.165) is 6.42 Å². The Morgan fingerprint density at radius 1 is 1.27 bits per heavy atom. The minimum absolute atomic E-state index is 0.138. The van der Waals surface area contributed by atoms with Crippen LogP contribution in [-0.2, 0) is 19.0 Å². The summed E-state index contributed by atoms with van der Waals surface area (Å²) in [5, 5.41) is 10.9. The molecule has 2 aliphatic rings. The SMILES string of the molecule is CO[C@H]1C[C@H](N)[C@@H](O[C@H]2O[C@H](CN)CC[C@@H]2N)[C@H](O)[C@@H]1N(C)C(=O)CN. The zero-order valence-corrected chi connectivity index (χ0v) is 15.5. The Labute approximate surface area is 154 Å². The summed E-state index contributed by atoms with van der Waals surface area (Å²) in [6.07, 6.45) is -1.23. The standard InChI is InChI=1S/C16H33N5O5/c1-21(12(22)7-18)13-11(24-2)5-10(20)15(14(13)23)26-16-9(19)4-3-8(6-17)25-16/h8-11,13-16,23H,3-7,17-20H2,1-2H3/t8-,9-,10-,11-,13+,14+,15+,16+/m0/s1. The minimum Gasteiger partial charge on any atom is -0.388 e. The van der Waals surface area contributed by atoms with Crippen molar-refractivity contribution in [2.45, 2.75) is 68.1 Å². The smallest absolute Gasteiger partial charge is 0.236 e. The molecule has 26 heavy (non-hydrogen) atoms. The lowest BCUT2D eigenvalue weighted by Gasteiger charge is -2.48. The molecule has 0 aromatic rings. The van der Waals surface area contributed by atoms with Gasteiger partial charge in [0.25, 0.3) is 0 Å². The molecular formula is C16H33N5O5. The van der Waals surface area contributed by atoms with E-state index < -0.39 is 36.7 Å². The fraction of sp³-hybridized carbons (Fsp3) is 0.938. The maximum absolute atomic E-state index is 12.0. The number of methoxy groups -OCH3 is 1. The number of likely N-dealkylation sites (N-methyl/N-ethyl adjacent to an activating group) is 1. The van der Waals surface area contributed by atoms with Crippen LogP contribution in [0.25, 0.3) is 0 Å². The van der Waals surface area contributed by atoms with Crippen molar-refractivity contribution in [2.75, 3.05) is 27.2 Å². The molecule has 8 atom stereocenters. The molecule has 10 heteroatoms. The monoisotopic (exact) mass is 375 g/mol. The predicted molar refractivity (Wildman–Crippen MR) is 94.8 cm³/mol. The number of rotatable bonds is 6.